The standard InChI is InChI=1S/C17H27N3O3.ClH/c1-4-23-11-14-7-5-13(6-8-14)9-19-15(21)10-20-17(22)16(18)12(2)3;/h5-8,12,16H,4,9-11,18H2,1-3H3,(H,19,21)(H,20,22);1H/t16-;/m0./s1. The van der Waals surface area contributed by atoms with Gasteiger partial charge in [0.25, 0.3) is 0 Å². The first-order chi connectivity index (χ1) is 10.9. The minimum atomic E-state index is -0.597. The summed E-state index contributed by atoms with van der Waals surface area (Å²) in [6.07, 6.45) is 0. The van der Waals surface area contributed by atoms with Crippen molar-refractivity contribution in [1.82, 2.24) is 10.6 Å². The van der Waals surface area contributed by atoms with Crippen molar-refractivity contribution in [2.45, 2.75) is 40.0 Å². The Hall–Kier alpha value is -1.63. The van der Waals surface area contributed by atoms with Crippen molar-refractivity contribution in [2.24, 2.45) is 11.7 Å². The van der Waals surface area contributed by atoms with Crippen LogP contribution in [0, 0.1) is 5.92 Å². The molecule has 4 N–H and O–H groups in total. The molecule has 1 rings (SSSR count). The van der Waals surface area contributed by atoms with Crippen LogP contribution in [0.15, 0.2) is 24.3 Å². The summed E-state index contributed by atoms with van der Waals surface area (Å²) in [6.45, 7) is 7.30. The molecule has 1 atom stereocenters. The lowest BCUT2D eigenvalue weighted by molar-refractivity contribution is -0.127. The lowest BCUT2D eigenvalue weighted by Crippen LogP contribution is -2.47. The van der Waals surface area contributed by atoms with E-state index < -0.39 is 6.04 Å². The number of ether oxygens (including phenoxy) is 1. The molecule has 7 heteroatoms. The van der Waals surface area contributed by atoms with E-state index >= 15 is 0 Å². The zero-order chi connectivity index (χ0) is 17.2. The van der Waals surface area contributed by atoms with Crippen LogP contribution in [-0.2, 0) is 27.5 Å². The van der Waals surface area contributed by atoms with Gasteiger partial charge in [-0.05, 0) is 24.0 Å². The van der Waals surface area contributed by atoms with Crippen LogP contribution in [0.25, 0.3) is 0 Å². The maximum Gasteiger partial charge on any atom is 0.239 e. The van der Waals surface area contributed by atoms with Crippen LogP contribution in [0.3, 0.4) is 0 Å². The summed E-state index contributed by atoms with van der Waals surface area (Å²) in [6, 6.07) is 7.24. The predicted molar refractivity (Wildman–Crippen MR) is 96.7 cm³/mol. The number of hydrogen-bond acceptors (Lipinski definition) is 4. The Bertz CT molecular complexity index is 506. The number of nitrogens with one attached hydrogen (secondary N) is 2. The fourth-order valence-electron chi connectivity index (χ4n) is 1.82. The number of carbonyl (C=O) groups is 2. The first-order valence-electron chi connectivity index (χ1n) is 7.89. The SMILES string of the molecule is CCOCc1ccc(CNC(=O)CNC(=O)[C@@H](N)C(C)C)cc1.Cl. The van der Waals surface area contributed by atoms with Crippen molar-refractivity contribution < 1.29 is 14.3 Å². The zero-order valence-electron chi connectivity index (χ0n) is 14.5. The second kappa shape index (κ2) is 11.8. The first kappa shape index (κ1) is 22.4. The molecule has 0 aliphatic heterocycles. The molecule has 0 aliphatic carbocycles. The molecule has 0 fully saturated rings. The van der Waals surface area contributed by atoms with Crippen LogP contribution < -0.4 is 16.4 Å². The zero-order valence-corrected chi connectivity index (χ0v) is 15.3. The molecule has 1 aromatic rings. The second-order valence-electron chi connectivity index (χ2n) is 5.72. The van der Waals surface area contributed by atoms with Gasteiger partial charge in [0.05, 0.1) is 19.2 Å². The van der Waals surface area contributed by atoms with Crippen molar-refractivity contribution in [1.29, 1.82) is 0 Å². The molecule has 1 aromatic carbocycles. The summed E-state index contributed by atoms with van der Waals surface area (Å²) in [5.74, 6) is -0.517. The number of amides is 2. The third-order valence-corrected chi connectivity index (χ3v) is 3.43. The van der Waals surface area contributed by atoms with E-state index in [1.165, 1.54) is 0 Å². The third kappa shape index (κ3) is 8.29. The van der Waals surface area contributed by atoms with Crippen LogP contribution in [0.1, 0.15) is 31.9 Å². The van der Waals surface area contributed by atoms with Gasteiger partial charge in [-0.3, -0.25) is 9.59 Å². The van der Waals surface area contributed by atoms with Gasteiger partial charge in [0.2, 0.25) is 11.8 Å². The number of benzene rings is 1. The Kier molecular flexibility index (Phi) is 11.0. The quantitative estimate of drug-likeness (QED) is 0.622. The Morgan fingerprint density at radius 1 is 1.12 bits per heavy atom. The Labute approximate surface area is 149 Å². The van der Waals surface area contributed by atoms with Gasteiger partial charge < -0.3 is 21.1 Å². The number of nitrogens with two attached hydrogens (primary N) is 1. The molecule has 0 spiro atoms. The predicted octanol–water partition coefficient (Wildman–Crippen LogP) is 1.36. The van der Waals surface area contributed by atoms with Crippen molar-refractivity contribution in [2.75, 3.05) is 13.2 Å². The molecular formula is C17H28ClN3O3. The summed E-state index contributed by atoms with van der Waals surface area (Å²) in [4.78, 5) is 23.4. The highest BCUT2D eigenvalue weighted by Gasteiger charge is 2.17. The molecule has 0 aromatic heterocycles. The Morgan fingerprint density at radius 2 is 1.71 bits per heavy atom. The summed E-state index contributed by atoms with van der Waals surface area (Å²) >= 11 is 0. The molecule has 0 aliphatic rings. The van der Waals surface area contributed by atoms with Crippen molar-refractivity contribution in [3.8, 4) is 0 Å². The highest BCUT2D eigenvalue weighted by Crippen LogP contribution is 2.05. The Balaban J connectivity index is 0.00000529. The number of rotatable bonds is 9. The van der Waals surface area contributed by atoms with E-state index in [1.54, 1.807) is 0 Å². The van der Waals surface area contributed by atoms with E-state index in [2.05, 4.69) is 10.6 Å². The number of hydrogen-bond donors (Lipinski definition) is 3. The van der Waals surface area contributed by atoms with Crippen molar-refractivity contribution in [3.05, 3.63) is 35.4 Å². The van der Waals surface area contributed by atoms with Gasteiger partial charge in [-0.1, -0.05) is 38.1 Å². The van der Waals surface area contributed by atoms with Gasteiger partial charge in [-0.25, -0.2) is 0 Å². The van der Waals surface area contributed by atoms with Crippen molar-refractivity contribution in [3.63, 3.8) is 0 Å². The minimum absolute atomic E-state index is 0. The molecule has 0 bridgehead atoms. The lowest BCUT2D eigenvalue weighted by atomic mass is 10.1. The molecule has 2 amide bonds. The molecular weight excluding hydrogens is 330 g/mol. The summed E-state index contributed by atoms with van der Waals surface area (Å²) in [5.41, 5.74) is 7.79. The summed E-state index contributed by atoms with van der Waals surface area (Å²) in [5, 5.41) is 5.30. The van der Waals surface area contributed by atoms with Gasteiger partial charge in [-0.15, -0.1) is 12.4 Å². The first-order valence-corrected chi connectivity index (χ1v) is 7.89. The Morgan fingerprint density at radius 3 is 2.25 bits per heavy atom. The van der Waals surface area contributed by atoms with Gasteiger partial charge in [-0.2, -0.15) is 0 Å². The molecule has 0 unspecified atom stereocenters. The fourth-order valence-corrected chi connectivity index (χ4v) is 1.82. The average molecular weight is 358 g/mol. The van der Waals surface area contributed by atoms with E-state index in [0.29, 0.717) is 19.8 Å². The fraction of sp³-hybridized carbons (Fsp3) is 0.529. The highest BCUT2D eigenvalue weighted by molar-refractivity contribution is 5.87. The van der Waals surface area contributed by atoms with Gasteiger partial charge in [0, 0.05) is 13.2 Å². The lowest BCUT2D eigenvalue weighted by Gasteiger charge is -2.15. The minimum Gasteiger partial charge on any atom is -0.377 e. The van der Waals surface area contributed by atoms with E-state index in [1.807, 2.05) is 45.0 Å². The topological polar surface area (TPSA) is 93.5 Å². The van der Waals surface area contributed by atoms with Crippen LogP contribution in [-0.4, -0.2) is 31.0 Å². The molecule has 0 radical (unpaired) electrons. The average Bonchev–Trinajstić information content (AvgIpc) is 2.55. The second-order valence-corrected chi connectivity index (χ2v) is 5.72. The summed E-state index contributed by atoms with van der Waals surface area (Å²) < 4.78 is 5.33. The molecule has 0 saturated carbocycles. The van der Waals surface area contributed by atoms with Crippen LogP contribution >= 0.6 is 12.4 Å². The normalized spacial score (nSPS) is 11.5. The van der Waals surface area contributed by atoms with Gasteiger partial charge in [0.15, 0.2) is 0 Å². The van der Waals surface area contributed by atoms with Crippen LogP contribution in [0.4, 0.5) is 0 Å². The maximum absolute atomic E-state index is 11.7. The monoisotopic (exact) mass is 357 g/mol. The number of carbonyl (C=O) groups excluding carboxylic acids is 2. The van der Waals surface area contributed by atoms with E-state index in [-0.39, 0.29) is 36.7 Å². The highest BCUT2D eigenvalue weighted by atomic mass is 35.5. The molecule has 6 nitrogen and oxygen atoms in total. The molecule has 0 heterocycles. The smallest absolute Gasteiger partial charge is 0.239 e. The van der Waals surface area contributed by atoms with E-state index in [4.69, 9.17) is 10.5 Å². The van der Waals surface area contributed by atoms with Crippen LogP contribution in [0.5, 0.6) is 0 Å². The third-order valence-electron chi connectivity index (χ3n) is 3.43. The van der Waals surface area contributed by atoms with Gasteiger partial charge in [0.1, 0.15) is 0 Å². The van der Waals surface area contributed by atoms with E-state index in [9.17, 15) is 9.59 Å². The molecule has 24 heavy (non-hydrogen) atoms. The molecule has 0 saturated heterocycles. The largest absolute Gasteiger partial charge is 0.377 e. The van der Waals surface area contributed by atoms with E-state index in [0.717, 1.165) is 11.1 Å². The molecule has 136 valence electrons. The van der Waals surface area contributed by atoms with Crippen molar-refractivity contribution >= 4 is 24.2 Å². The number of halogens is 1. The maximum atomic E-state index is 11.7. The van der Waals surface area contributed by atoms with Gasteiger partial charge >= 0.3 is 0 Å². The van der Waals surface area contributed by atoms with Crippen LogP contribution in [0.2, 0.25) is 0 Å². The summed E-state index contributed by atoms with van der Waals surface area (Å²) in [7, 11) is 0.